The minimum atomic E-state index is -1.78. The van der Waals surface area contributed by atoms with Crippen molar-refractivity contribution in [2.75, 3.05) is 19.8 Å². The molecule has 4 aliphatic heterocycles. The van der Waals surface area contributed by atoms with Gasteiger partial charge in [0.05, 0.1) is 44.2 Å². The predicted molar refractivity (Wildman–Crippen MR) is 224 cm³/mol. The molecule has 4 aliphatic rings. The Morgan fingerprint density at radius 3 is 1.55 bits per heavy atom. The van der Waals surface area contributed by atoms with Crippen LogP contribution in [0.25, 0.3) is 0 Å². The largest absolute Gasteiger partial charge is 0.451 e. The second-order valence-electron chi connectivity index (χ2n) is 17.3. The van der Waals surface area contributed by atoms with E-state index in [0.29, 0.717) is 25.7 Å². The van der Waals surface area contributed by atoms with Crippen LogP contribution in [0.2, 0.25) is 0 Å². The SMILES string of the molecule is C/C(=C/CO[C@H]1O[C@@H](C)[C@H](O)[C@@H](O[C@H]2O[C@@H](C)[C@H](O)[C@@H](O[C@H]3O[C@@H](C)[C@H](O)[C@@H](O)[C@H]3O)[C@H]2OC(=O)/C(C)=C/CC/C(C)=C\CO)[C@H]1O)CC/C=C(\C)CO[C@H]1O[C@@H](C)[C@H](O)[C@@H](O)[C@H]1O. The molecule has 0 aliphatic carbocycles. The number of carbonyl (C=O) groups excluding carboxylic acids is 1. The van der Waals surface area contributed by atoms with Gasteiger partial charge in [-0.05, 0) is 81.1 Å². The lowest BCUT2D eigenvalue weighted by atomic mass is 9.96. The first kappa shape index (κ1) is 54.3. The first-order valence-corrected chi connectivity index (χ1v) is 21.9. The van der Waals surface area contributed by atoms with E-state index in [1.54, 1.807) is 32.1 Å². The minimum absolute atomic E-state index is 0.00108. The molecule has 368 valence electrons. The molecule has 20 nitrogen and oxygen atoms in total. The van der Waals surface area contributed by atoms with Crippen molar-refractivity contribution in [1.29, 1.82) is 0 Å². The summed E-state index contributed by atoms with van der Waals surface area (Å²) in [4.78, 5) is 13.6. The monoisotopic (exact) mass is 920 g/mol. The zero-order valence-electron chi connectivity index (χ0n) is 37.9. The summed E-state index contributed by atoms with van der Waals surface area (Å²) in [6, 6.07) is 0. The standard InChI is InChI=1S/C44H72O20/c1-20(15-17-45)12-10-14-23(4)40(55)62-39-38(64-43-35(53)33(51)29(47)25(6)60-43)31(49)27(8)61-44(39)63-37-30(48)26(7)59-42(36(37)54)56-18-16-21(2)11-9-13-22(3)19-57-41-34(52)32(50)28(46)24(5)58-41/h13-16,24-39,41-54H,9-12,17-19H2,1-8H3/b20-15-,21-16-,22-13+,23-14+/t24-,25-,26-,27-,28-,29-,30-,31-,32+,33+,34+,35+,36+,37+,38+,39+,41-,42-,43+,44+/m0/s1. The van der Waals surface area contributed by atoms with Gasteiger partial charge in [0, 0.05) is 5.57 Å². The number of ether oxygens (including phenoxy) is 9. The summed E-state index contributed by atoms with van der Waals surface area (Å²) in [7, 11) is 0. The molecule has 0 saturated carbocycles. The summed E-state index contributed by atoms with van der Waals surface area (Å²) < 4.78 is 52.6. The molecule has 20 heteroatoms. The Labute approximate surface area is 374 Å². The Kier molecular flexibility index (Phi) is 21.4. The highest BCUT2D eigenvalue weighted by Gasteiger charge is 2.54. The van der Waals surface area contributed by atoms with E-state index in [2.05, 4.69) is 0 Å². The third-order valence-corrected chi connectivity index (χ3v) is 11.9. The molecule has 0 spiro atoms. The molecule has 4 fully saturated rings. The smallest absolute Gasteiger partial charge is 0.333 e. The lowest BCUT2D eigenvalue weighted by Crippen LogP contribution is -2.66. The topological polar surface area (TPSA) is 302 Å². The molecule has 0 amide bonds. The molecule has 0 unspecified atom stereocenters. The molecule has 10 N–H and O–H groups in total. The van der Waals surface area contributed by atoms with Crippen molar-refractivity contribution in [3.05, 3.63) is 46.6 Å². The molecule has 20 atom stereocenters. The highest BCUT2D eigenvalue weighted by molar-refractivity contribution is 5.87. The lowest BCUT2D eigenvalue weighted by Gasteiger charge is -2.48. The molecule has 0 aromatic rings. The summed E-state index contributed by atoms with van der Waals surface area (Å²) in [5, 5.41) is 105. The maximum Gasteiger partial charge on any atom is 0.333 e. The molecule has 4 saturated heterocycles. The van der Waals surface area contributed by atoms with Gasteiger partial charge in [0.25, 0.3) is 0 Å². The normalized spacial score (nSPS) is 41.8. The highest BCUT2D eigenvalue weighted by Crippen LogP contribution is 2.34. The van der Waals surface area contributed by atoms with Gasteiger partial charge in [0.2, 0.25) is 0 Å². The molecule has 0 aromatic carbocycles. The van der Waals surface area contributed by atoms with Gasteiger partial charge in [-0.1, -0.05) is 41.0 Å². The average molecular weight is 921 g/mol. The van der Waals surface area contributed by atoms with Crippen LogP contribution in [-0.2, 0) is 47.4 Å². The molecule has 4 rings (SSSR count). The van der Waals surface area contributed by atoms with Gasteiger partial charge >= 0.3 is 5.97 Å². The molecule has 0 bridgehead atoms. The van der Waals surface area contributed by atoms with Gasteiger partial charge in [-0.25, -0.2) is 4.79 Å². The molecule has 4 heterocycles. The second kappa shape index (κ2) is 25.2. The maximum absolute atomic E-state index is 13.6. The van der Waals surface area contributed by atoms with Crippen molar-refractivity contribution >= 4 is 5.97 Å². The molecular weight excluding hydrogens is 848 g/mol. The fourth-order valence-corrected chi connectivity index (χ4v) is 7.54. The van der Waals surface area contributed by atoms with E-state index >= 15 is 0 Å². The maximum atomic E-state index is 13.6. The number of hydrogen-bond acceptors (Lipinski definition) is 20. The van der Waals surface area contributed by atoms with Gasteiger partial charge in [-0.3, -0.25) is 0 Å². The number of esters is 1. The van der Waals surface area contributed by atoms with Crippen LogP contribution in [0.15, 0.2) is 46.6 Å². The van der Waals surface area contributed by atoms with E-state index in [4.69, 9.17) is 42.6 Å². The van der Waals surface area contributed by atoms with Crippen molar-refractivity contribution in [1.82, 2.24) is 0 Å². The first-order valence-electron chi connectivity index (χ1n) is 21.9. The number of rotatable bonds is 19. The third-order valence-electron chi connectivity index (χ3n) is 11.9. The van der Waals surface area contributed by atoms with Gasteiger partial charge in [0.15, 0.2) is 31.3 Å². The number of hydrogen-bond donors (Lipinski definition) is 10. The molecule has 0 aromatic heterocycles. The summed E-state index contributed by atoms with van der Waals surface area (Å²) in [6.45, 7) is 13.1. The lowest BCUT2D eigenvalue weighted by molar-refractivity contribution is -0.375. The van der Waals surface area contributed by atoms with Crippen molar-refractivity contribution < 1.29 is 98.5 Å². The minimum Gasteiger partial charge on any atom is -0.451 e. The summed E-state index contributed by atoms with van der Waals surface area (Å²) in [6.07, 6.45) is -18.3. The van der Waals surface area contributed by atoms with Crippen LogP contribution in [0.5, 0.6) is 0 Å². The zero-order valence-corrected chi connectivity index (χ0v) is 37.9. The number of aliphatic hydroxyl groups is 10. The van der Waals surface area contributed by atoms with Crippen LogP contribution in [-0.4, -0.2) is 200 Å². The zero-order chi connectivity index (χ0) is 47.6. The van der Waals surface area contributed by atoms with Crippen LogP contribution in [0.4, 0.5) is 0 Å². The summed E-state index contributed by atoms with van der Waals surface area (Å²) in [5.74, 6) is -0.857. The molecule has 0 radical (unpaired) electrons. The van der Waals surface area contributed by atoms with Crippen LogP contribution < -0.4 is 0 Å². The molecular formula is C44H72O20. The van der Waals surface area contributed by atoms with E-state index in [9.17, 15) is 55.9 Å². The summed E-state index contributed by atoms with van der Waals surface area (Å²) >= 11 is 0. The van der Waals surface area contributed by atoms with Crippen molar-refractivity contribution in [3.8, 4) is 0 Å². The van der Waals surface area contributed by atoms with Crippen molar-refractivity contribution in [3.63, 3.8) is 0 Å². The van der Waals surface area contributed by atoms with Gasteiger partial charge in [0.1, 0.15) is 67.1 Å². The summed E-state index contributed by atoms with van der Waals surface area (Å²) in [5.41, 5.74) is 2.87. The number of allylic oxidation sites excluding steroid dienone is 4. The first-order chi connectivity index (χ1) is 30.2. The number of aliphatic hydroxyl groups excluding tert-OH is 10. The Balaban J connectivity index is 1.44. The van der Waals surface area contributed by atoms with Crippen molar-refractivity contribution in [2.24, 2.45) is 0 Å². The van der Waals surface area contributed by atoms with Crippen LogP contribution in [0, 0.1) is 0 Å². The Hall–Kier alpha value is -2.29. The van der Waals surface area contributed by atoms with Crippen LogP contribution in [0.3, 0.4) is 0 Å². The highest BCUT2D eigenvalue weighted by atomic mass is 16.8. The van der Waals surface area contributed by atoms with Gasteiger partial charge in [-0.2, -0.15) is 0 Å². The van der Waals surface area contributed by atoms with Gasteiger partial charge in [-0.15, -0.1) is 0 Å². The van der Waals surface area contributed by atoms with E-state index in [1.165, 1.54) is 20.8 Å². The fraction of sp³-hybridized carbons (Fsp3) is 0.795. The van der Waals surface area contributed by atoms with Crippen LogP contribution >= 0.6 is 0 Å². The second-order valence-corrected chi connectivity index (χ2v) is 17.3. The number of carbonyl (C=O) groups is 1. The van der Waals surface area contributed by atoms with E-state index < -0.39 is 129 Å². The third kappa shape index (κ3) is 14.4. The van der Waals surface area contributed by atoms with E-state index in [-0.39, 0.29) is 25.4 Å². The average Bonchev–Trinajstić information content (AvgIpc) is 3.25. The Morgan fingerprint density at radius 1 is 0.484 bits per heavy atom. The predicted octanol–water partition coefficient (Wildman–Crippen LogP) is -0.733. The quantitative estimate of drug-likeness (QED) is 0.0434. The van der Waals surface area contributed by atoms with E-state index in [1.807, 2.05) is 26.8 Å². The van der Waals surface area contributed by atoms with Gasteiger partial charge < -0.3 is 93.7 Å². The Morgan fingerprint density at radius 2 is 0.953 bits per heavy atom. The Bertz CT molecular complexity index is 1590. The van der Waals surface area contributed by atoms with Crippen LogP contribution in [0.1, 0.15) is 81.1 Å². The van der Waals surface area contributed by atoms with Crippen molar-refractivity contribution in [2.45, 2.75) is 204 Å². The molecule has 64 heavy (non-hydrogen) atoms. The van der Waals surface area contributed by atoms with E-state index in [0.717, 1.165) is 16.7 Å². The fourth-order valence-electron chi connectivity index (χ4n) is 7.54.